The van der Waals surface area contributed by atoms with E-state index in [-0.39, 0.29) is 31.0 Å². The molecule has 0 aliphatic heterocycles. The van der Waals surface area contributed by atoms with Crippen molar-refractivity contribution >= 4 is 31.5 Å². The Labute approximate surface area is 340 Å². The van der Waals surface area contributed by atoms with Crippen LogP contribution in [0.25, 0.3) is 0 Å². The normalized spacial score (nSPS) is 20.0. The molecule has 0 heterocycles. The molecule has 1 aliphatic rings. The first-order valence-corrected chi connectivity index (χ1v) is 22.6. The van der Waals surface area contributed by atoms with Crippen molar-refractivity contribution in [3.05, 3.63) is 36.5 Å². The topological polar surface area (TPSA) is 229 Å². The SMILES string of the molecule is CCCCCC/C=C\CCCCCCCC(=O)O[C@H](COC(=O)CCC/C=C\C[C@H]1C(=O)C[C@@H](O)[C@@H]1/C=C/[C@@H](O)CCCCC)COP(=O)(O)OC[C@H](N)C(=O)O. The van der Waals surface area contributed by atoms with Gasteiger partial charge in [-0.05, 0) is 57.8 Å². The summed E-state index contributed by atoms with van der Waals surface area (Å²) in [5.74, 6) is -3.41. The van der Waals surface area contributed by atoms with Gasteiger partial charge in [0.25, 0.3) is 0 Å². The first-order chi connectivity index (χ1) is 27.3. The summed E-state index contributed by atoms with van der Waals surface area (Å²) in [6.07, 6.45) is 25.8. The number of carbonyl (C=O) groups is 4. The molecule has 1 unspecified atom stereocenters. The number of aliphatic hydroxyl groups is 2. The molecule has 1 aliphatic carbocycles. The highest BCUT2D eigenvalue weighted by Gasteiger charge is 2.39. The van der Waals surface area contributed by atoms with Crippen LogP contribution in [0.1, 0.15) is 149 Å². The van der Waals surface area contributed by atoms with Crippen molar-refractivity contribution in [2.45, 2.75) is 173 Å². The van der Waals surface area contributed by atoms with Gasteiger partial charge in [-0.2, -0.15) is 0 Å². The van der Waals surface area contributed by atoms with Gasteiger partial charge in [-0.3, -0.25) is 28.2 Å². The van der Waals surface area contributed by atoms with E-state index in [1.165, 1.54) is 25.7 Å². The molecular weight excluding hydrogens is 757 g/mol. The molecule has 7 atom stereocenters. The van der Waals surface area contributed by atoms with Crippen LogP contribution >= 0.6 is 7.82 Å². The Bertz CT molecular complexity index is 1270. The number of ether oxygens (including phenoxy) is 2. The minimum Gasteiger partial charge on any atom is -0.480 e. The fraction of sp³-hybridized carbons (Fsp3) is 0.762. The Morgan fingerprint density at radius 3 is 2.07 bits per heavy atom. The number of aliphatic carboxylic acids is 1. The molecule has 0 bridgehead atoms. The summed E-state index contributed by atoms with van der Waals surface area (Å²) in [4.78, 5) is 58.6. The lowest BCUT2D eigenvalue weighted by Crippen LogP contribution is -2.34. The van der Waals surface area contributed by atoms with E-state index >= 15 is 0 Å². The highest BCUT2D eigenvalue weighted by molar-refractivity contribution is 7.47. The zero-order valence-electron chi connectivity index (χ0n) is 34.4. The van der Waals surface area contributed by atoms with Gasteiger partial charge in [-0.15, -0.1) is 0 Å². The number of hydrogen-bond acceptors (Lipinski definition) is 12. The Morgan fingerprint density at radius 2 is 1.39 bits per heavy atom. The number of aliphatic hydroxyl groups excluding tert-OH is 2. The van der Waals surface area contributed by atoms with E-state index in [1.54, 1.807) is 12.2 Å². The molecule has 14 nitrogen and oxygen atoms in total. The first kappa shape index (κ1) is 52.3. The third-order valence-electron chi connectivity index (χ3n) is 9.73. The molecule has 57 heavy (non-hydrogen) atoms. The second kappa shape index (κ2) is 32.2. The van der Waals surface area contributed by atoms with Crippen LogP contribution in [-0.4, -0.2) is 88.1 Å². The minimum atomic E-state index is -4.78. The van der Waals surface area contributed by atoms with Crippen LogP contribution in [0.4, 0.5) is 0 Å². The lowest BCUT2D eigenvalue weighted by Gasteiger charge is -2.20. The van der Waals surface area contributed by atoms with Crippen LogP contribution < -0.4 is 5.73 Å². The average molecular weight is 830 g/mol. The van der Waals surface area contributed by atoms with Crippen LogP contribution in [0.15, 0.2) is 36.5 Å². The van der Waals surface area contributed by atoms with Gasteiger partial charge in [0, 0.05) is 31.1 Å². The quantitative estimate of drug-likeness (QED) is 0.0181. The predicted octanol–water partition coefficient (Wildman–Crippen LogP) is 7.42. The summed E-state index contributed by atoms with van der Waals surface area (Å²) in [5, 5.41) is 29.5. The number of phosphoric acid groups is 1. The largest absolute Gasteiger partial charge is 0.480 e. The maximum Gasteiger partial charge on any atom is 0.472 e. The number of ketones is 1. The monoisotopic (exact) mass is 829 g/mol. The standard InChI is InChI=1S/C42H72NO13P/c1-3-5-7-8-9-10-11-12-13-14-15-16-22-26-41(48)56-34(31-54-57(51,52)55-32-37(43)42(49)50)30-53-40(47)25-21-18-17-20-24-35-36(39(46)29-38(35)45)28-27-33(44)23-19-6-4-2/h10-11,17,20,27-28,33-37,39,44,46H,3-9,12-16,18-19,21-26,29-32,43H2,1-2H3,(H,49,50)(H,51,52)/b11-10-,20-17-,28-27+/t33-,34+,35+,36+,37-,39+/m0/s1. The smallest absolute Gasteiger partial charge is 0.472 e. The van der Waals surface area contributed by atoms with Gasteiger partial charge in [0.2, 0.25) is 0 Å². The Kier molecular flexibility index (Phi) is 29.5. The number of esters is 2. The number of phosphoric ester groups is 1. The zero-order valence-corrected chi connectivity index (χ0v) is 35.3. The maximum atomic E-state index is 12.6. The van der Waals surface area contributed by atoms with Crippen molar-refractivity contribution in [3.8, 4) is 0 Å². The molecule has 0 amide bonds. The van der Waals surface area contributed by atoms with E-state index in [0.29, 0.717) is 32.1 Å². The molecule has 0 aromatic rings. The van der Waals surface area contributed by atoms with Crippen molar-refractivity contribution < 1.29 is 62.5 Å². The third kappa shape index (κ3) is 26.8. The predicted molar refractivity (Wildman–Crippen MR) is 218 cm³/mol. The highest BCUT2D eigenvalue weighted by Crippen LogP contribution is 2.43. The van der Waals surface area contributed by atoms with E-state index in [0.717, 1.165) is 57.8 Å². The zero-order chi connectivity index (χ0) is 42.3. The molecule has 1 fully saturated rings. The molecule has 6 N–H and O–H groups in total. The number of rotatable bonds is 35. The minimum absolute atomic E-state index is 0.0254. The Balaban J connectivity index is 2.54. The van der Waals surface area contributed by atoms with Crippen molar-refractivity contribution in [1.29, 1.82) is 0 Å². The summed E-state index contributed by atoms with van der Waals surface area (Å²) in [6.45, 7) is 2.38. The molecular formula is C42H72NO13P. The summed E-state index contributed by atoms with van der Waals surface area (Å²) in [7, 11) is -4.78. The highest BCUT2D eigenvalue weighted by atomic mass is 31.2. The van der Waals surface area contributed by atoms with E-state index in [2.05, 4.69) is 30.5 Å². The number of carbonyl (C=O) groups excluding carboxylic acids is 3. The lowest BCUT2D eigenvalue weighted by atomic mass is 9.90. The van der Waals surface area contributed by atoms with Crippen LogP contribution in [0, 0.1) is 11.8 Å². The van der Waals surface area contributed by atoms with Crippen molar-refractivity contribution in [2.75, 3.05) is 19.8 Å². The number of unbranched alkanes of at least 4 members (excludes halogenated alkanes) is 12. The van der Waals surface area contributed by atoms with E-state index < -0.39 is 75.8 Å². The second-order valence-electron chi connectivity index (χ2n) is 14.9. The third-order valence-corrected chi connectivity index (χ3v) is 10.7. The lowest BCUT2D eigenvalue weighted by molar-refractivity contribution is -0.161. The van der Waals surface area contributed by atoms with E-state index in [4.69, 9.17) is 24.8 Å². The number of Topliss-reactive ketones (excluding diaryl/α,β-unsaturated/α-hetero) is 1. The molecule has 0 saturated heterocycles. The average Bonchev–Trinajstić information content (AvgIpc) is 3.44. The van der Waals surface area contributed by atoms with Gasteiger partial charge in [0.1, 0.15) is 18.4 Å². The van der Waals surface area contributed by atoms with Gasteiger partial charge in [0.05, 0.1) is 25.4 Å². The number of hydrogen-bond donors (Lipinski definition) is 5. The van der Waals surface area contributed by atoms with Crippen molar-refractivity contribution in [1.82, 2.24) is 0 Å². The van der Waals surface area contributed by atoms with Crippen molar-refractivity contribution in [3.63, 3.8) is 0 Å². The molecule has 0 aromatic heterocycles. The molecule has 15 heteroatoms. The van der Waals surface area contributed by atoms with Gasteiger partial charge in [-0.1, -0.05) is 108 Å². The molecule has 328 valence electrons. The summed E-state index contributed by atoms with van der Waals surface area (Å²) in [5.41, 5.74) is 5.32. The number of carboxylic acids is 1. The van der Waals surface area contributed by atoms with Crippen LogP contribution in [0.5, 0.6) is 0 Å². The second-order valence-corrected chi connectivity index (χ2v) is 16.3. The fourth-order valence-electron chi connectivity index (χ4n) is 6.27. The first-order valence-electron chi connectivity index (χ1n) is 21.1. The molecule has 0 aromatic carbocycles. The van der Waals surface area contributed by atoms with Crippen molar-refractivity contribution in [2.24, 2.45) is 17.6 Å². The summed E-state index contributed by atoms with van der Waals surface area (Å²) in [6, 6.07) is -1.56. The number of carboxylic acid groups (broad SMARTS) is 1. The Hall–Kier alpha value is -2.71. The van der Waals surface area contributed by atoms with Crippen LogP contribution in [0.2, 0.25) is 0 Å². The van der Waals surface area contributed by atoms with Gasteiger partial charge in [-0.25, -0.2) is 4.57 Å². The summed E-state index contributed by atoms with van der Waals surface area (Å²) < 4.78 is 32.6. The number of nitrogens with two attached hydrogens (primary N) is 1. The van der Waals surface area contributed by atoms with E-state index in [1.807, 2.05) is 12.2 Å². The van der Waals surface area contributed by atoms with Crippen LogP contribution in [-0.2, 0) is 42.3 Å². The fourth-order valence-corrected chi connectivity index (χ4v) is 7.05. The molecule has 1 rings (SSSR count). The van der Waals surface area contributed by atoms with Crippen LogP contribution in [0.3, 0.4) is 0 Å². The maximum absolute atomic E-state index is 12.6. The van der Waals surface area contributed by atoms with Gasteiger partial charge >= 0.3 is 25.7 Å². The molecule has 0 spiro atoms. The Morgan fingerprint density at radius 1 is 0.807 bits per heavy atom. The van der Waals surface area contributed by atoms with E-state index in [9.17, 15) is 38.8 Å². The molecule has 1 saturated carbocycles. The molecule has 0 radical (unpaired) electrons. The van der Waals surface area contributed by atoms with Gasteiger partial charge in [0.15, 0.2) is 6.10 Å². The number of allylic oxidation sites excluding steroid dienone is 4. The van der Waals surface area contributed by atoms with Gasteiger partial charge < -0.3 is 35.4 Å². The summed E-state index contributed by atoms with van der Waals surface area (Å²) >= 11 is 0.